The van der Waals surface area contributed by atoms with Gasteiger partial charge in [-0.3, -0.25) is 0 Å². The maximum absolute atomic E-state index is 10.7. The molecule has 2 saturated heterocycles. The topological polar surface area (TPSA) is 69.7 Å². The van der Waals surface area contributed by atoms with Crippen molar-refractivity contribution >= 4 is 0 Å². The first kappa shape index (κ1) is 24.5. The van der Waals surface area contributed by atoms with E-state index in [1.807, 2.05) is 32.1 Å². The van der Waals surface area contributed by atoms with E-state index in [0.29, 0.717) is 0 Å². The molecule has 0 saturated carbocycles. The number of hydrogen-bond donors (Lipinski definition) is 1. The minimum Gasteiger partial charge on any atom is -0.390 e. The van der Waals surface area contributed by atoms with Crippen LogP contribution >= 0.6 is 0 Å². The van der Waals surface area contributed by atoms with Crippen LogP contribution in [0.25, 0.3) is 0 Å². The molecule has 168 valence electrons. The summed E-state index contributed by atoms with van der Waals surface area (Å²) in [5.41, 5.74) is 1.08. The molecule has 9 atom stereocenters. The van der Waals surface area contributed by atoms with Crippen molar-refractivity contribution in [2.24, 2.45) is 11.8 Å². The number of epoxide rings is 1. The Hall–Kier alpha value is -0.760. The Bertz CT molecular complexity index is 543. The quantitative estimate of drug-likeness (QED) is 0.414. The first-order valence-corrected chi connectivity index (χ1v) is 10.8. The number of hydrogen-bond acceptors (Lipinski definition) is 6. The van der Waals surface area contributed by atoms with E-state index in [1.54, 1.807) is 21.3 Å². The van der Waals surface area contributed by atoms with Crippen molar-refractivity contribution in [3.05, 3.63) is 23.8 Å². The van der Waals surface area contributed by atoms with Crippen LogP contribution in [0, 0.1) is 11.8 Å². The van der Waals surface area contributed by atoms with Gasteiger partial charge in [0.05, 0.1) is 24.4 Å². The number of aliphatic hydroxyl groups excluding tert-OH is 1. The van der Waals surface area contributed by atoms with Gasteiger partial charge < -0.3 is 28.8 Å². The molecular formula is C23H40O6. The molecule has 0 aliphatic carbocycles. The molecule has 0 amide bonds. The summed E-state index contributed by atoms with van der Waals surface area (Å²) >= 11 is 0. The zero-order valence-electron chi connectivity index (χ0n) is 19.0. The van der Waals surface area contributed by atoms with Crippen molar-refractivity contribution in [2.45, 2.75) is 89.9 Å². The second-order valence-corrected chi connectivity index (χ2v) is 8.33. The predicted molar refractivity (Wildman–Crippen MR) is 113 cm³/mol. The van der Waals surface area contributed by atoms with Gasteiger partial charge in [-0.05, 0) is 25.3 Å². The Morgan fingerprint density at radius 2 is 1.83 bits per heavy atom. The van der Waals surface area contributed by atoms with Gasteiger partial charge in [-0.2, -0.15) is 0 Å². The monoisotopic (exact) mass is 412 g/mol. The normalized spacial score (nSPS) is 34.8. The van der Waals surface area contributed by atoms with Crippen LogP contribution in [0.2, 0.25) is 0 Å². The van der Waals surface area contributed by atoms with Gasteiger partial charge in [-0.15, -0.1) is 0 Å². The average molecular weight is 413 g/mol. The SMILES string of the molecule is CC[C@H](OC)[C@@H](C)[C@H]1O[C@@H]1[C@H](O)[C@@H](C)/C=C/C=C(\C)[C@H]1O[C@H](OC)CC[C@@H]1OC. The van der Waals surface area contributed by atoms with E-state index in [4.69, 9.17) is 23.7 Å². The van der Waals surface area contributed by atoms with E-state index in [9.17, 15) is 5.11 Å². The summed E-state index contributed by atoms with van der Waals surface area (Å²) in [6, 6.07) is 0. The van der Waals surface area contributed by atoms with E-state index in [2.05, 4.69) is 13.8 Å². The van der Waals surface area contributed by atoms with Crippen LogP contribution in [0.3, 0.4) is 0 Å². The van der Waals surface area contributed by atoms with Crippen molar-refractivity contribution in [1.82, 2.24) is 0 Å². The van der Waals surface area contributed by atoms with Crippen LogP contribution in [0.5, 0.6) is 0 Å². The first-order chi connectivity index (χ1) is 13.9. The van der Waals surface area contributed by atoms with E-state index in [-0.39, 0.29) is 48.6 Å². The van der Waals surface area contributed by atoms with Gasteiger partial charge in [0.15, 0.2) is 6.29 Å². The number of allylic oxidation sites excluding steroid dienone is 2. The highest BCUT2D eigenvalue weighted by Crippen LogP contribution is 2.37. The summed E-state index contributed by atoms with van der Waals surface area (Å²) < 4.78 is 28.3. The molecule has 2 heterocycles. The lowest BCUT2D eigenvalue weighted by Crippen LogP contribution is -2.41. The molecule has 0 aromatic heterocycles. The highest BCUT2D eigenvalue weighted by Gasteiger charge is 2.50. The van der Waals surface area contributed by atoms with Gasteiger partial charge in [0.2, 0.25) is 0 Å². The molecule has 0 radical (unpaired) electrons. The van der Waals surface area contributed by atoms with Gasteiger partial charge >= 0.3 is 0 Å². The van der Waals surface area contributed by atoms with Crippen LogP contribution in [0.1, 0.15) is 47.0 Å². The molecule has 29 heavy (non-hydrogen) atoms. The minimum atomic E-state index is -0.530. The third-order valence-electron chi connectivity index (χ3n) is 6.36. The van der Waals surface area contributed by atoms with E-state index < -0.39 is 6.10 Å². The number of rotatable bonds is 11. The summed E-state index contributed by atoms with van der Waals surface area (Å²) in [6.07, 6.45) is 8.00. The summed E-state index contributed by atoms with van der Waals surface area (Å²) in [4.78, 5) is 0. The lowest BCUT2D eigenvalue weighted by atomic mass is 9.91. The summed E-state index contributed by atoms with van der Waals surface area (Å²) in [5, 5.41) is 10.7. The van der Waals surface area contributed by atoms with Crippen LogP contribution in [0.4, 0.5) is 0 Å². The van der Waals surface area contributed by atoms with Crippen molar-refractivity contribution in [1.29, 1.82) is 0 Å². The Kier molecular flexibility index (Phi) is 9.79. The molecule has 2 fully saturated rings. The molecule has 2 aliphatic heterocycles. The smallest absolute Gasteiger partial charge is 0.158 e. The molecule has 1 N–H and O–H groups in total. The predicted octanol–water partition coefficient (Wildman–Crippen LogP) is 3.48. The number of aliphatic hydroxyl groups is 1. The maximum atomic E-state index is 10.7. The lowest BCUT2D eigenvalue weighted by molar-refractivity contribution is -0.205. The molecular weight excluding hydrogens is 372 g/mol. The fourth-order valence-corrected chi connectivity index (χ4v) is 4.28. The third-order valence-corrected chi connectivity index (χ3v) is 6.36. The van der Waals surface area contributed by atoms with Gasteiger partial charge in [0, 0.05) is 39.6 Å². The second kappa shape index (κ2) is 11.6. The van der Waals surface area contributed by atoms with Crippen LogP contribution < -0.4 is 0 Å². The summed E-state index contributed by atoms with van der Waals surface area (Å²) in [7, 11) is 5.12. The molecule has 2 rings (SSSR count). The maximum Gasteiger partial charge on any atom is 0.158 e. The van der Waals surface area contributed by atoms with E-state index >= 15 is 0 Å². The molecule has 6 nitrogen and oxygen atoms in total. The Labute approximate surface area is 176 Å². The summed E-state index contributed by atoms with van der Waals surface area (Å²) in [5.74, 6) is 0.257. The molecule has 0 aromatic carbocycles. The number of ether oxygens (including phenoxy) is 5. The second-order valence-electron chi connectivity index (χ2n) is 8.33. The molecule has 0 bridgehead atoms. The molecule has 0 spiro atoms. The Morgan fingerprint density at radius 1 is 1.10 bits per heavy atom. The molecule has 0 unspecified atom stereocenters. The van der Waals surface area contributed by atoms with Gasteiger partial charge in [-0.25, -0.2) is 0 Å². The average Bonchev–Trinajstić information content (AvgIpc) is 3.54. The first-order valence-electron chi connectivity index (χ1n) is 10.8. The van der Waals surface area contributed by atoms with Crippen LogP contribution in [-0.2, 0) is 23.7 Å². The zero-order valence-corrected chi connectivity index (χ0v) is 19.0. The van der Waals surface area contributed by atoms with E-state index in [1.165, 1.54) is 0 Å². The van der Waals surface area contributed by atoms with Crippen LogP contribution in [-0.4, -0.2) is 69.3 Å². The van der Waals surface area contributed by atoms with Crippen molar-refractivity contribution in [3.8, 4) is 0 Å². The highest BCUT2D eigenvalue weighted by molar-refractivity contribution is 5.18. The minimum absolute atomic E-state index is 0.0129. The van der Waals surface area contributed by atoms with Crippen LogP contribution in [0.15, 0.2) is 23.8 Å². The third kappa shape index (κ3) is 6.36. The van der Waals surface area contributed by atoms with Gasteiger partial charge in [0.1, 0.15) is 12.2 Å². The number of methoxy groups -OCH3 is 3. The largest absolute Gasteiger partial charge is 0.390 e. The zero-order chi connectivity index (χ0) is 21.6. The van der Waals surface area contributed by atoms with Crippen molar-refractivity contribution in [2.75, 3.05) is 21.3 Å². The fourth-order valence-electron chi connectivity index (χ4n) is 4.28. The van der Waals surface area contributed by atoms with Crippen molar-refractivity contribution in [3.63, 3.8) is 0 Å². The molecule has 2 aliphatic rings. The Balaban J connectivity index is 1.90. The Morgan fingerprint density at radius 3 is 2.41 bits per heavy atom. The highest BCUT2D eigenvalue weighted by atomic mass is 16.7. The summed E-state index contributed by atoms with van der Waals surface area (Å²) in [6.45, 7) is 8.29. The van der Waals surface area contributed by atoms with Gasteiger partial charge in [0.25, 0.3) is 0 Å². The fraction of sp³-hybridized carbons (Fsp3) is 0.826. The van der Waals surface area contributed by atoms with Crippen molar-refractivity contribution < 1.29 is 28.8 Å². The molecule has 0 aromatic rings. The standard InChI is InChI=1S/C23H40O6/c1-8-17(25-5)16(4)22-23(29-22)20(24)14(2)10-9-11-15(3)21-18(26-6)12-13-19(27-7)28-21/h9-11,14,16-24H,8,12-13H2,1-7H3/b10-9+,15-11+/t14-,16+,17-,18-,19-,20+,21+,22+,23+/m0/s1. The molecule has 6 heteroatoms. The van der Waals surface area contributed by atoms with E-state index in [0.717, 1.165) is 24.8 Å². The lowest BCUT2D eigenvalue weighted by Gasteiger charge is -2.35. The van der Waals surface area contributed by atoms with Gasteiger partial charge in [-0.1, -0.05) is 39.0 Å².